The molecule has 6 heteroatoms. The van der Waals surface area contributed by atoms with Gasteiger partial charge in [0.1, 0.15) is 12.4 Å². The third-order valence-electron chi connectivity index (χ3n) is 5.29. The lowest BCUT2D eigenvalue weighted by Gasteiger charge is -2.12. The highest BCUT2D eigenvalue weighted by atomic mass is 127. The number of thioether (sulfide) groups is 1. The summed E-state index contributed by atoms with van der Waals surface area (Å²) in [6.45, 7) is 2.99. The van der Waals surface area contributed by atoms with Gasteiger partial charge in [0, 0.05) is 6.54 Å². The van der Waals surface area contributed by atoms with Crippen LogP contribution in [0.1, 0.15) is 28.7 Å². The minimum atomic E-state index is -0.215. The Bertz CT molecular complexity index is 1190. The molecule has 1 fully saturated rings. The summed E-state index contributed by atoms with van der Waals surface area (Å²) in [5.41, 5.74) is 4.40. The summed E-state index contributed by atoms with van der Waals surface area (Å²) < 4.78 is 6.93. The molecule has 1 saturated heterocycles. The van der Waals surface area contributed by atoms with E-state index in [0.717, 1.165) is 45.1 Å². The van der Waals surface area contributed by atoms with Gasteiger partial charge < -0.3 is 4.74 Å². The van der Waals surface area contributed by atoms with Crippen molar-refractivity contribution in [2.75, 3.05) is 6.54 Å². The quantitative estimate of drug-likeness (QED) is 0.220. The van der Waals surface area contributed by atoms with E-state index >= 15 is 0 Å². The highest BCUT2D eigenvalue weighted by Gasteiger charge is 2.34. The Labute approximate surface area is 212 Å². The lowest BCUT2D eigenvalue weighted by Crippen LogP contribution is -2.29. The van der Waals surface area contributed by atoms with E-state index in [0.29, 0.717) is 18.1 Å². The lowest BCUT2D eigenvalue weighted by molar-refractivity contribution is -0.122. The summed E-state index contributed by atoms with van der Waals surface area (Å²) in [6.07, 6.45) is 3.37. The van der Waals surface area contributed by atoms with Crippen LogP contribution in [0, 0.1) is 10.5 Å². The molecule has 1 aliphatic heterocycles. The van der Waals surface area contributed by atoms with Crippen LogP contribution in [0.5, 0.6) is 5.75 Å². The monoisotopic (exact) mass is 569 g/mol. The fourth-order valence-corrected chi connectivity index (χ4v) is 5.18. The lowest BCUT2D eigenvalue weighted by atomic mass is 10.1. The Morgan fingerprint density at radius 2 is 1.76 bits per heavy atom. The number of benzene rings is 3. The molecule has 1 heterocycles. The standard InChI is InChI=1S/C27H24INO3S/c1-19-7-5-10-22(15-19)18-32-24-13-12-21(16-23(24)28)17-25-26(30)29(27(31)33-25)14-6-11-20-8-3-2-4-9-20/h2-5,7-10,12-13,15-17H,6,11,14,18H2,1H3/b25-17+. The number of hydrogen-bond donors (Lipinski definition) is 0. The van der Waals surface area contributed by atoms with E-state index in [1.54, 1.807) is 6.08 Å². The molecule has 33 heavy (non-hydrogen) atoms. The van der Waals surface area contributed by atoms with Crippen LogP contribution < -0.4 is 4.74 Å². The summed E-state index contributed by atoms with van der Waals surface area (Å²) in [5.74, 6) is 0.580. The minimum Gasteiger partial charge on any atom is -0.488 e. The average Bonchev–Trinajstić information content (AvgIpc) is 3.06. The first-order valence-electron chi connectivity index (χ1n) is 10.8. The summed E-state index contributed by atoms with van der Waals surface area (Å²) >= 11 is 3.24. The van der Waals surface area contributed by atoms with Gasteiger partial charge in [0.25, 0.3) is 11.1 Å². The van der Waals surface area contributed by atoms with Gasteiger partial charge in [-0.15, -0.1) is 0 Å². The number of imide groups is 1. The topological polar surface area (TPSA) is 46.6 Å². The largest absolute Gasteiger partial charge is 0.488 e. The highest BCUT2D eigenvalue weighted by Crippen LogP contribution is 2.33. The smallest absolute Gasteiger partial charge is 0.293 e. The van der Waals surface area contributed by atoms with Crippen LogP contribution in [-0.2, 0) is 17.8 Å². The third kappa shape index (κ3) is 6.26. The number of ether oxygens (including phenoxy) is 1. The predicted molar refractivity (Wildman–Crippen MR) is 142 cm³/mol. The Hall–Kier alpha value is -2.58. The molecule has 1 aliphatic rings. The van der Waals surface area contributed by atoms with Crippen LogP contribution >= 0.6 is 34.4 Å². The number of carbonyl (C=O) groups excluding carboxylic acids is 2. The maximum absolute atomic E-state index is 12.8. The van der Waals surface area contributed by atoms with Gasteiger partial charge in [-0.3, -0.25) is 14.5 Å². The number of amides is 2. The second-order valence-electron chi connectivity index (χ2n) is 7.89. The summed E-state index contributed by atoms with van der Waals surface area (Å²) in [7, 11) is 0. The molecule has 0 N–H and O–H groups in total. The predicted octanol–water partition coefficient (Wildman–Crippen LogP) is 6.85. The zero-order valence-electron chi connectivity index (χ0n) is 18.3. The van der Waals surface area contributed by atoms with Crippen molar-refractivity contribution >= 4 is 51.6 Å². The molecule has 0 spiro atoms. The van der Waals surface area contributed by atoms with Gasteiger partial charge in [0.05, 0.1) is 8.48 Å². The fourth-order valence-electron chi connectivity index (χ4n) is 3.62. The Morgan fingerprint density at radius 1 is 0.970 bits per heavy atom. The van der Waals surface area contributed by atoms with Gasteiger partial charge in [0.2, 0.25) is 0 Å². The van der Waals surface area contributed by atoms with E-state index in [1.165, 1.54) is 16.0 Å². The van der Waals surface area contributed by atoms with Gasteiger partial charge in [-0.2, -0.15) is 0 Å². The summed E-state index contributed by atoms with van der Waals surface area (Å²) in [4.78, 5) is 27.0. The van der Waals surface area contributed by atoms with Crippen molar-refractivity contribution in [1.82, 2.24) is 4.90 Å². The molecule has 168 valence electrons. The van der Waals surface area contributed by atoms with Gasteiger partial charge in [0.15, 0.2) is 0 Å². The van der Waals surface area contributed by atoms with E-state index in [1.807, 2.05) is 48.5 Å². The van der Waals surface area contributed by atoms with Crippen LogP contribution in [0.3, 0.4) is 0 Å². The molecule has 0 unspecified atom stereocenters. The number of aryl methyl sites for hydroxylation is 2. The molecule has 0 aromatic heterocycles. The fraction of sp³-hybridized carbons (Fsp3) is 0.185. The summed E-state index contributed by atoms with van der Waals surface area (Å²) in [5, 5.41) is -0.202. The van der Waals surface area contributed by atoms with E-state index in [4.69, 9.17) is 4.74 Å². The molecule has 4 rings (SSSR count). The SMILES string of the molecule is Cc1cccc(COc2ccc(/C=C3/SC(=O)N(CCCc4ccccc4)C3=O)cc2I)c1. The van der Waals surface area contributed by atoms with E-state index in [2.05, 4.69) is 53.8 Å². The van der Waals surface area contributed by atoms with E-state index in [-0.39, 0.29) is 11.1 Å². The number of hydrogen-bond acceptors (Lipinski definition) is 4. The first kappa shape index (κ1) is 23.6. The molecule has 0 saturated carbocycles. The second kappa shape index (κ2) is 11.0. The van der Waals surface area contributed by atoms with Crippen LogP contribution in [0.2, 0.25) is 0 Å². The normalized spacial score (nSPS) is 14.8. The molecular formula is C27H24INO3S. The van der Waals surface area contributed by atoms with Gasteiger partial charge in [-0.25, -0.2) is 0 Å². The van der Waals surface area contributed by atoms with Gasteiger partial charge >= 0.3 is 0 Å². The Morgan fingerprint density at radius 3 is 2.52 bits per heavy atom. The van der Waals surface area contributed by atoms with Gasteiger partial charge in [-0.1, -0.05) is 66.2 Å². The molecule has 3 aromatic rings. The molecule has 4 nitrogen and oxygen atoms in total. The summed E-state index contributed by atoms with van der Waals surface area (Å²) in [6, 6.07) is 24.1. The van der Waals surface area contributed by atoms with Crippen molar-refractivity contribution in [1.29, 1.82) is 0 Å². The molecule has 2 amide bonds. The highest BCUT2D eigenvalue weighted by molar-refractivity contribution is 14.1. The molecule has 0 radical (unpaired) electrons. The first-order chi connectivity index (χ1) is 16.0. The molecule has 3 aromatic carbocycles. The number of nitrogens with zero attached hydrogens (tertiary/aromatic N) is 1. The second-order valence-corrected chi connectivity index (χ2v) is 10.0. The van der Waals surface area contributed by atoms with E-state index < -0.39 is 0 Å². The van der Waals surface area contributed by atoms with Crippen molar-refractivity contribution in [3.05, 3.63) is 104 Å². The van der Waals surface area contributed by atoms with Crippen LogP contribution in [0.25, 0.3) is 6.08 Å². The van der Waals surface area contributed by atoms with Crippen molar-refractivity contribution in [3.63, 3.8) is 0 Å². The van der Waals surface area contributed by atoms with Crippen LogP contribution in [0.15, 0.2) is 77.7 Å². The third-order valence-corrected chi connectivity index (χ3v) is 7.04. The Kier molecular flexibility index (Phi) is 7.88. The molecule has 0 bridgehead atoms. The van der Waals surface area contributed by atoms with Crippen LogP contribution in [-0.4, -0.2) is 22.6 Å². The molecular weight excluding hydrogens is 545 g/mol. The minimum absolute atomic E-state index is 0.202. The Balaban J connectivity index is 1.37. The average molecular weight is 569 g/mol. The zero-order valence-corrected chi connectivity index (χ0v) is 21.3. The molecule has 0 aliphatic carbocycles. The van der Waals surface area contributed by atoms with Crippen molar-refractivity contribution in [2.45, 2.75) is 26.4 Å². The maximum Gasteiger partial charge on any atom is 0.293 e. The molecule has 0 atom stereocenters. The van der Waals surface area contributed by atoms with Crippen molar-refractivity contribution < 1.29 is 14.3 Å². The zero-order chi connectivity index (χ0) is 23.2. The van der Waals surface area contributed by atoms with Crippen molar-refractivity contribution in [3.8, 4) is 5.75 Å². The van der Waals surface area contributed by atoms with Crippen molar-refractivity contribution in [2.24, 2.45) is 0 Å². The number of halogens is 1. The van der Waals surface area contributed by atoms with E-state index in [9.17, 15) is 9.59 Å². The maximum atomic E-state index is 12.8. The number of rotatable bonds is 8. The number of carbonyl (C=O) groups is 2. The van der Waals surface area contributed by atoms with Gasteiger partial charge in [-0.05, 0) is 89.0 Å². The first-order valence-corrected chi connectivity index (χ1v) is 12.7. The van der Waals surface area contributed by atoms with Crippen LogP contribution in [0.4, 0.5) is 4.79 Å².